The van der Waals surface area contributed by atoms with Gasteiger partial charge in [0.25, 0.3) is 5.91 Å². The number of rotatable bonds is 6. The topological polar surface area (TPSA) is 76.1 Å². The number of carbonyl (C=O) groups is 1. The molecule has 142 valence electrons. The third-order valence-corrected chi connectivity index (χ3v) is 4.73. The van der Waals surface area contributed by atoms with Gasteiger partial charge in [0.05, 0.1) is 6.20 Å². The molecule has 0 saturated heterocycles. The number of hydrogen-bond donors (Lipinski definition) is 2. The highest BCUT2D eigenvalue weighted by molar-refractivity contribution is 6.05. The third kappa shape index (κ3) is 4.46. The first-order valence-corrected chi connectivity index (χ1v) is 9.49. The van der Waals surface area contributed by atoms with Gasteiger partial charge < -0.3 is 15.4 Å². The molecule has 2 aromatic heterocycles. The van der Waals surface area contributed by atoms with E-state index >= 15 is 0 Å². The molecule has 1 aliphatic rings. The van der Waals surface area contributed by atoms with Crippen molar-refractivity contribution in [2.75, 3.05) is 10.6 Å². The van der Waals surface area contributed by atoms with Crippen molar-refractivity contribution in [2.24, 2.45) is 0 Å². The molecule has 0 bridgehead atoms. The molecule has 6 heteroatoms. The van der Waals surface area contributed by atoms with Crippen molar-refractivity contribution in [3.63, 3.8) is 0 Å². The summed E-state index contributed by atoms with van der Waals surface area (Å²) in [4.78, 5) is 21.2. The molecule has 6 nitrogen and oxygen atoms in total. The molecule has 1 saturated carbocycles. The lowest BCUT2D eigenvalue weighted by Crippen LogP contribution is -2.17. The van der Waals surface area contributed by atoms with Crippen LogP contribution in [0.25, 0.3) is 0 Å². The van der Waals surface area contributed by atoms with Crippen LogP contribution in [0.3, 0.4) is 0 Å². The summed E-state index contributed by atoms with van der Waals surface area (Å²) in [6, 6.07) is 15.1. The molecular weight excluding hydrogens is 352 g/mol. The molecule has 1 amide bonds. The summed E-state index contributed by atoms with van der Waals surface area (Å²) in [6.45, 7) is 0. The quantitative estimate of drug-likeness (QED) is 0.643. The maximum absolute atomic E-state index is 12.8. The van der Waals surface area contributed by atoms with E-state index in [2.05, 4.69) is 20.6 Å². The Morgan fingerprint density at radius 1 is 1.04 bits per heavy atom. The Hall–Kier alpha value is -3.41. The summed E-state index contributed by atoms with van der Waals surface area (Å²) in [6.07, 6.45) is 9.63. The summed E-state index contributed by atoms with van der Waals surface area (Å²) in [5.74, 6) is 1.72. The number of ether oxygens (including phenoxy) is 1. The normalized spacial score (nSPS) is 13.9. The summed E-state index contributed by atoms with van der Waals surface area (Å²) in [7, 11) is 0. The van der Waals surface area contributed by atoms with Crippen LogP contribution in [-0.2, 0) is 0 Å². The number of nitrogens with zero attached hydrogens (tertiary/aromatic N) is 2. The number of anilines is 2. The largest absolute Gasteiger partial charge is 0.455 e. The summed E-state index contributed by atoms with van der Waals surface area (Å²) >= 11 is 0. The van der Waals surface area contributed by atoms with Gasteiger partial charge in [0.1, 0.15) is 17.3 Å². The number of para-hydroxylation sites is 1. The van der Waals surface area contributed by atoms with Crippen LogP contribution in [0.15, 0.2) is 67.1 Å². The highest BCUT2D eigenvalue weighted by Gasteiger charge is 2.16. The maximum atomic E-state index is 12.8. The molecular formula is C22H22N4O2. The zero-order valence-electron chi connectivity index (χ0n) is 15.5. The molecule has 0 unspecified atom stereocenters. The van der Waals surface area contributed by atoms with E-state index in [9.17, 15) is 4.79 Å². The van der Waals surface area contributed by atoms with E-state index in [1.54, 1.807) is 36.8 Å². The van der Waals surface area contributed by atoms with Crippen molar-refractivity contribution in [3.8, 4) is 11.5 Å². The Balaban J connectivity index is 1.48. The second-order valence-corrected chi connectivity index (χ2v) is 6.80. The van der Waals surface area contributed by atoms with Gasteiger partial charge in [-0.3, -0.25) is 9.78 Å². The predicted octanol–water partition coefficient (Wildman–Crippen LogP) is 4.88. The van der Waals surface area contributed by atoms with Crippen LogP contribution >= 0.6 is 0 Å². The summed E-state index contributed by atoms with van der Waals surface area (Å²) in [5, 5.41) is 6.30. The summed E-state index contributed by atoms with van der Waals surface area (Å²) in [5.41, 5.74) is 1.04. The molecule has 0 aliphatic heterocycles. The van der Waals surface area contributed by atoms with Gasteiger partial charge in [-0.15, -0.1) is 0 Å². The van der Waals surface area contributed by atoms with Gasteiger partial charge in [0.15, 0.2) is 5.75 Å². The van der Waals surface area contributed by atoms with Gasteiger partial charge in [0.2, 0.25) is 0 Å². The van der Waals surface area contributed by atoms with Gasteiger partial charge in [-0.05, 0) is 37.1 Å². The second-order valence-electron chi connectivity index (χ2n) is 6.80. The zero-order valence-corrected chi connectivity index (χ0v) is 15.5. The third-order valence-electron chi connectivity index (χ3n) is 4.73. The molecule has 4 rings (SSSR count). The lowest BCUT2D eigenvalue weighted by Gasteiger charge is -2.14. The lowest BCUT2D eigenvalue weighted by atomic mass is 10.2. The van der Waals surface area contributed by atoms with E-state index in [-0.39, 0.29) is 5.91 Å². The summed E-state index contributed by atoms with van der Waals surface area (Å²) < 4.78 is 5.88. The monoisotopic (exact) mass is 374 g/mol. The molecule has 3 aromatic rings. The second kappa shape index (κ2) is 8.52. The molecule has 2 N–H and O–H groups in total. The van der Waals surface area contributed by atoms with Gasteiger partial charge >= 0.3 is 0 Å². The van der Waals surface area contributed by atoms with Crippen molar-refractivity contribution in [1.82, 2.24) is 9.97 Å². The van der Waals surface area contributed by atoms with E-state index in [0.29, 0.717) is 28.8 Å². The van der Waals surface area contributed by atoms with Crippen molar-refractivity contribution >= 4 is 17.4 Å². The number of benzene rings is 1. The first-order valence-electron chi connectivity index (χ1n) is 9.49. The Morgan fingerprint density at radius 2 is 1.86 bits per heavy atom. The van der Waals surface area contributed by atoms with Gasteiger partial charge in [-0.2, -0.15) is 0 Å². The van der Waals surface area contributed by atoms with E-state index < -0.39 is 0 Å². The van der Waals surface area contributed by atoms with E-state index in [0.717, 1.165) is 18.7 Å². The van der Waals surface area contributed by atoms with Crippen LogP contribution in [0.1, 0.15) is 36.0 Å². The number of carbonyl (C=O) groups excluding carboxylic acids is 1. The first-order chi connectivity index (χ1) is 13.8. The number of nitrogens with one attached hydrogen (secondary N) is 2. The standard InChI is InChI=1S/C22H22N4O2/c27-22(16-10-13-24-21(14-16)25-17-6-4-5-7-17)26-19-15-23-12-11-20(19)28-18-8-2-1-3-9-18/h1-3,8-15,17H,4-7H2,(H,24,25)(H,26,27). The zero-order chi connectivity index (χ0) is 19.2. The lowest BCUT2D eigenvalue weighted by molar-refractivity contribution is 0.102. The molecule has 1 aromatic carbocycles. The SMILES string of the molecule is O=C(Nc1cnccc1Oc1ccccc1)c1ccnc(NC2CCCC2)c1. The molecule has 2 heterocycles. The van der Waals surface area contributed by atoms with Crippen LogP contribution in [0.5, 0.6) is 11.5 Å². The van der Waals surface area contributed by atoms with Crippen molar-refractivity contribution in [2.45, 2.75) is 31.7 Å². The van der Waals surface area contributed by atoms with Gasteiger partial charge in [-0.25, -0.2) is 4.98 Å². The number of amides is 1. The Morgan fingerprint density at radius 3 is 2.68 bits per heavy atom. The molecule has 1 fully saturated rings. The van der Waals surface area contributed by atoms with Crippen molar-refractivity contribution in [1.29, 1.82) is 0 Å². The van der Waals surface area contributed by atoms with Crippen molar-refractivity contribution in [3.05, 3.63) is 72.7 Å². The highest BCUT2D eigenvalue weighted by atomic mass is 16.5. The smallest absolute Gasteiger partial charge is 0.255 e. The van der Waals surface area contributed by atoms with Gasteiger partial charge in [-0.1, -0.05) is 31.0 Å². The highest BCUT2D eigenvalue weighted by Crippen LogP contribution is 2.29. The Labute approximate surface area is 164 Å². The average Bonchev–Trinajstić information content (AvgIpc) is 3.23. The van der Waals surface area contributed by atoms with Crippen LogP contribution in [0, 0.1) is 0 Å². The average molecular weight is 374 g/mol. The van der Waals surface area contributed by atoms with E-state index in [1.807, 2.05) is 30.3 Å². The number of hydrogen-bond acceptors (Lipinski definition) is 5. The van der Waals surface area contributed by atoms with Crippen LogP contribution in [0.2, 0.25) is 0 Å². The molecule has 0 radical (unpaired) electrons. The fourth-order valence-electron chi connectivity index (χ4n) is 3.30. The van der Waals surface area contributed by atoms with Crippen LogP contribution in [-0.4, -0.2) is 21.9 Å². The van der Waals surface area contributed by atoms with Crippen LogP contribution in [0.4, 0.5) is 11.5 Å². The Kier molecular flexibility index (Phi) is 5.47. The molecule has 0 spiro atoms. The number of pyridine rings is 2. The fourth-order valence-corrected chi connectivity index (χ4v) is 3.30. The fraction of sp³-hybridized carbons (Fsp3) is 0.227. The van der Waals surface area contributed by atoms with E-state index in [4.69, 9.17) is 4.74 Å². The molecule has 0 atom stereocenters. The predicted molar refractivity (Wildman–Crippen MR) is 109 cm³/mol. The Bertz CT molecular complexity index is 940. The van der Waals surface area contributed by atoms with Gasteiger partial charge in [0, 0.05) is 30.1 Å². The molecule has 1 aliphatic carbocycles. The van der Waals surface area contributed by atoms with Crippen LogP contribution < -0.4 is 15.4 Å². The number of aromatic nitrogens is 2. The molecule has 28 heavy (non-hydrogen) atoms. The first kappa shape index (κ1) is 18.0. The van der Waals surface area contributed by atoms with E-state index in [1.165, 1.54) is 12.8 Å². The maximum Gasteiger partial charge on any atom is 0.255 e. The minimum atomic E-state index is -0.234. The minimum absolute atomic E-state index is 0.234. The minimum Gasteiger partial charge on any atom is -0.455 e. The van der Waals surface area contributed by atoms with Crippen molar-refractivity contribution < 1.29 is 9.53 Å².